The monoisotopic (exact) mass is 352 g/mol. The van der Waals surface area contributed by atoms with Crippen LogP contribution in [-0.4, -0.2) is 54.6 Å². The number of ether oxygens (including phenoxy) is 1. The molecule has 4 heteroatoms. The van der Waals surface area contributed by atoms with Gasteiger partial charge < -0.3 is 4.74 Å². The van der Waals surface area contributed by atoms with Crippen molar-refractivity contribution in [3.8, 4) is 0 Å². The number of carbonyl (C=O) groups excluding carboxylic acids is 1. The Kier molecular flexibility index (Phi) is 6.81. The van der Waals surface area contributed by atoms with Crippen LogP contribution in [-0.2, 0) is 22.5 Å². The molecule has 0 aromatic heterocycles. The third kappa shape index (κ3) is 5.68. The van der Waals surface area contributed by atoms with E-state index in [9.17, 15) is 4.79 Å². The molecular formula is C22H28N2O2. The van der Waals surface area contributed by atoms with E-state index in [0.29, 0.717) is 13.0 Å². The number of carbonyl (C=O) groups is 1. The number of esters is 1. The summed E-state index contributed by atoms with van der Waals surface area (Å²) in [4.78, 5) is 16.9. The van der Waals surface area contributed by atoms with Crippen molar-refractivity contribution in [2.45, 2.75) is 25.9 Å². The van der Waals surface area contributed by atoms with Gasteiger partial charge in [0, 0.05) is 38.8 Å². The minimum absolute atomic E-state index is 0.147. The number of hydrogen-bond donors (Lipinski definition) is 0. The molecule has 0 aliphatic carbocycles. The molecule has 26 heavy (non-hydrogen) atoms. The van der Waals surface area contributed by atoms with Gasteiger partial charge in [0.05, 0.1) is 6.42 Å². The van der Waals surface area contributed by atoms with Crippen LogP contribution < -0.4 is 0 Å². The predicted molar refractivity (Wildman–Crippen MR) is 104 cm³/mol. The van der Waals surface area contributed by atoms with Crippen LogP contribution in [0.25, 0.3) is 0 Å². The zero-order valence-electron chi connectivity index (χ0n) is 15.5. The second kappa shape index (κ2) is 9.51. The first-order chi connectivity index (χ1) is 12.7. The van der Waals surface area contributed by atoms with Crippen molar-refractivity contribution in [2.24, 2.45) is 0 Å². The molecule has 1 aliphatic rings. The average molecular weight is 352 g/mol. The second-order valence-electron chi connectivity index (χ2n) is 6.99. The zero-order valence-corrected chi connectivity index (χ0v) is 15.5. The SMILES string of the molecule is CC(COC(=O)Cc1ccccc1)N1CCN(Cc2ccccc2)CC1. The molecule has 1 saturated heterocycles. The van der Waals surface area contributed by atoms with E-state index in [0.717, 1.165) is 38.3 Å². The maximum Gasteiger partial charge on any atom is 0.310 e. The summed E-state index contributed by atoms with van der Waals surface area (Å²) in [6.45, 7) is 7.75. The Morgan fingerprint density at radius 3 is 2.12 bits per heavy atom. The van der Waals surface area contributed by atoms with Gasteiger partial charge in [-0.05, 0) is 18.1 Å². The fourth-order valence-corrected chi connectivity index (χ4v) is 3.34. The van der Waals surface area contributed by atoms with Crippen LogP contribution in [0.3, 0.4) is 0 Å². The summed E-state index contributed by atoms with van der Waals surface area (Å²) >= 11 is 0. The summed E-state index contributed by atoms with van der Waals surface area (Å²) in [7, 11) is 0. The van der Waals surface area contributed by atoms with Crippen LogP contribution in [0.4, 0.5) is 0 Å². The Balaban J connectivity index is 1.37. The number of piperazine rings is 1. The maximum atomic E-state index is 12.0. The molecule has 2 aromatic carbocycles. The zero-order chi connectivity index (χ0) is 18.2. The van der Waals surface area contributed by atoms with Crippen molar-refractivity contribution in [3.05, 3.63) is 71.8 Å². The number of nitrogens with zero attached hydrogens (tertiary/aromatic N) is 2. The topological polar surface area (TPSA) is 32.8 Å². The first kappa shape index (κ1) is 18.6. The first-order valence-electron chi connectivity index (χ1n) is 9.40. The Labute approximate surface area is 156 Å². The van der Waals surface area contributed by atoms with Crippen molar-refractivity contribution < 1.29 is 9.53 Å². The molecule has 1 aliphatic heterocycles. The van der Waals surface area contributed by atoms with Gasteiger partial charge in [-0.25, -0.2) is 0 Å². The van der Waals surface area contributed by atoms with E-state index in [4.69, 9.17) is 4.74 Å². The van der Waals surface area contributed by atoms with Gasteiger partial charge in [0.1, 0.15) is 6.61 Å². The molecule has 0 radical (unpaired) electrons. The number of hydrogen-bond acceptors (Lipinski definition) is 4. The highest BCUT2D eigenvalue weighted by atomic mass is 16.5. The largest absolute Gasteiger partial charge is 0.464 e. The van der Waals surface area contributed by atoms with Gasteiger partial charge in [0.2, 0.25) is 0 Å². The van der Waals surface area contributed by atoms with Crippen LogP contribution in [0.15, 0.2) is 60.7 Å². The average Bonchev–Trinajstić information content (AvgIpc) is 2.68. The van der Waals surface area contributed by atoms with Gasteiger partial charge in [0.25, 0.3) is 0 Å². The summed E-state index contributed by atoms with van der Waals surface area (Å²) in [5.74, 6) is -0.147. The lowest BCUT2D eigenvalue weighted by Gasteiger charge is -2.37. The highest BCUT2D eigenvalue weighted by Gasteiger charge is 2.22. The first-order valence-corrected chi connectivity index (χ1v) is 9.40. The van der Waals surface area contributed by atoms with E-state index >= 15 is 0 Å². The normalized spacial score (nSPS) is 17.0. The van der Waals surface area contributed by atoms with Crippen LogP contribution in [0.5, 0.6) is 0 Å². The fourth-order valence-electron chi connectivity index (χ4n) is 3.34. The summed E-state index contributed by atoms with van der Waals surface area (Å²) in [6, 6.07) is 20.6. The lowest BCUT2D eigenvalue weighted by Crippen LogP contribution is -2.50. The van der Waals surface area contributed by atoms with Gasteiger partial charge in [-0.1, -0.05) is 60.7 Å². The van der Waals surface area contributed by atoms with Gasteiger partial charge in [-0.3, -0.25) is 14.6 Å². The summed E-state index contributed by atoms with van der Waals surface area (Å²) in [5, 5.41) is 0. The highest BCUT2D eigenvalue weighted by Crippen LogP contribution is 2.11. The highest BCUT2D eigenvalue weighted by molar-refractivity contribution is 5.72. The molecule has 0 saturated carbocycles. The quantitative estimate of drug-likeness (QED) is 0.717. The van der Waals surface area contributed by atoms with E-state index in [2.05, 4.69) is 47.1 Å². The molecule has 0 spiro atoms. The van der Waals surface area contributed by atoms with Gasteiger partial charge in [0.15, 0.2) is 0 Å². The van der Waals surface area contributed by atoms with Crippen molar-refractivity contribution in [1.29, 1.82) is 0 Å². The minimum Gasteiger partial charge on any atom is -0.464 e. The molecule has 1 fully saturated rings. The molecule has 2 aromatic rings. The summed E-state index contributed by atoms with van der Waals surface area (Å²) in [5.41, 5.74) is 2.36. The summed E-state index contributed by atoms with van der Waals surface area (Å²) < 4.78 is 5.49. The van der Waals surface area contributed by atoms with Crippen molar-refractivity contribution in [1.82, 2.24) is 9.80 Å². The maximum absolute atomic E-state index is 12.0. The van der Waals surface area contributed by atoms with Gasteiger partial charge in [-0.15, -0.1) is 0 Å². The molecule has 0 N–H and O–H groups in total. The third-order valence-electron chi connectivity index (χ3n) is 4.96. The van der Waals surface area contributed by atoms with Gasteiger partial charge in [-0.2, -0.15) is 0 Å². The standard InChI is InChI=1S/C22H28N2O2/c1-19(18-26-22(25)16-20-8-4-2-5-9-20)24-14-12-23(13-15-24)17-21-10-6-3-7-11-21/h2-11,19H,12-18H2,1H3. The summed E-state index contributed by atoms with van der Waals surface area (Å²) in [6.07, 6.45) is 0.346. The lowest BCUT2D eigenvalue weighted by atomic mass is 10.1. The van der Waals surface area contributed by atoms with Gasteiger partial charge >= 0.3 is 5.97 Å². The lowest BCUT2D eigenvalue weighted by molar-refractivity contribution is -0.144. The van der Waals surface area contributed by atoms with Crippen LogP contribution >= 0.6 is 0 Å². The Morgan fingerprint density at radius 2 is 1.50 bits per heavy atom. The fraction of sp³-hybridized carbons (Fsp3) is 0.409. The molecule has 138 valence electrons. The molecule has 3 rings (SSSR count). The van der Waals surface area contributed by atoms with E-state index in [1.807, 2.05) is 30.3 Å². The Hall–Kier alpha value is -2.17. The second-order valence-corrected chi connectivity index (χ2v) is 6.99. The van der Waals surface area contributed by atoms with Crippen LogP contribution in [0.1, 0.15) is 18.1 Å². The molecule has 0 amide bonds. The molecular weight excluding hydrogens is 324 g/mol. The molecule has 4 nitrogen and oxygen atoms in total. The van der Waals surface area contributed by atoms with E-state index in [-0.39, 0.29) is 12.0 Å². The van der Waals surface area contributed by atoms with E-state index in [1.54, 1.807) is 0 Å². The Bertz CT molecular complexity index is 667. The smallest absolute Gasteiger partial charge is 0.310 e. The predicted octanol–water partition coefficient (Wildman–Crippen LogP) is 2.98. The van der Waals surface area contributed by atoms with Crippen molar-refractivity contribution in [2.75, 3.05) is 32.8 Å². The minimum atomic E-state index is -0.147. The molecule has 1 unspecified atom stereocenters. The molecule has 1 heterocycles. The number of benzene rings is 2. The molecule has 1 atom stereocenters. The van der Waals surface area contributed by atoms with E-state index < -0.39 is 0 Å². The van der Waals surface area contributed by atoms with Crippen LogP contribution in [0.2, 0.25) is 0 Å². The number of rotatable bonds is 7. The molecule has 0 bridgehead atoms. The third-order valence-corrected chi connectivity index (χ3v) is 4.96. The van der Waals surface area contributed by atoms with Crippen molar-refractivity contribution in [3.63, 3.8) is 0 Å². The van der Waals surface area contributed by atoms with Crippen molar-refractivity contribution >= 4 is 5.97 Å². The Morgan fingerprint density at radius 1 is 0.923 bits per heavy atom. The van der Waals surface area contributed by atoms with E-state index in [1.165, 1.54) is 5.56 Å². The van der Waals surface area contributed by atoms with Crippen LogP contribution in [0, 0.1) is 0 Å².